The maximum atomic E-state index is 12.7. The van der Waals surface area contributed by atoms with Gasteiger partial charge >= 0.3 is 24.1 Å². The van der Waals surface area contributed by atoms with Crippen molar-refractivity contribution in [1.82, 2.24) is 20.4 Å². The van der Waals surface area contributed by atoms with Crippen molar-refractivity contribution in [3.63, 3.8) is 0 Å². The fourth-order valence-corrected chi connectivity index (χ4v) is 10.4. The normalized spacial score (nSPS) is 15.5. The highest BCUT2D eigenvalue weighted by atomic mass is 16.7. The van der Waals surface area contributed by atoms with Crippen molar-refractivity contribution in [1.29, 1.82) is 0 Å². The quantitative estimate of drug-likeness (QED) is 0.00563. The summed E-state index contributed by atoms with van der Waals surface area (Å²) in [5.74, 6) is 2.57. The monoisotopic (exact) mass is 1340 g/mol. The number of carbonyl (C=O) groups excluding carboxylic acids is 4. The minimum absolute atomic E-state index is 0.0113. The van der Waals surface area contributed by atoms with E-state index in [0.717, 1.165) is 102 Å². The zero-order chi connectivity index (χ0) is 70.2. The van der Waals surface area contributed by atoms with Gasteiger partial charge in [-0.05, 0) is 253 Å². The van der Waals surface area contributed by atoms with Gasteiger partial charge in [0, 0.05) is 35.3 Å². The van der Waals surface area contributed by atoms with Crippen molar-refractivity contribution >= 4 is 47.5 Å². The second-order valence-electron chi connectivity index (χ2n) is 26.5. The molecular weight excluding hydrogens is 1230 g/mol. The fourth-order valence-electron chi connectivity index (χ4n) is 10.4. The molecule has 4 aromatic carbocycles. The van der Waals surface area contributed by atoms with Crippen LogP contribution in [0.15, 0.2) is 118 Å². The average molecular weight is 1340 g/mol. The van der Waals surface area contributed by atoms with Crippen LogP contribution in [0.3, 0.4) is 0 Å². The van der Waals surface area contributed by atoms with Crippen LogP contribution in [0, 0.1) is 23.7 Å². The van der Waals surface area contributed by atoms with E-state index in [1.807, 2.05) is 24.3 Å². The molecule has 2 heterocycles. The number of benzene rings is 4. The Kier molecular flexibility index (Phi) is 32.1. The zero-order valence-corrected chi connectivity index (χ0v) is 57.6. The molecule has 0 radical (unpaired) electrons. The van der Waals surface area contributed by atoms with Gasteiger partial charge in [0.15, 0.2) is 23.3 Å². The Hall–Kier alpha value is -9.04. The molecule has 2 saturated heterocycles. The van der Waals surface area contributed by atoms with E-state index >= 15 is 0 Å². The lowest BCUT2D eigenvalue weighted by Gasteiger charge is -2.32. The van der Waals surface area contributed by atoms with E-state index in [1.165, 1.54) is 19.3 Å². The molecule has 2 fully saturated rings. The molecule has 6 rings (SSSR count). The minimum atomic E-state index is -0.963. The van der Waals surface area contributed by atoms with Crippen molar-refractivity contribution < 1.29 is 67.7 Å². The molecule has 0 bridgehead atoms. The van der Waals surface area contributed by atoms with Gasteiger partial charge in [-0.3, -0.25) is 0 Å². The van der Waals surface area contributed by atoms with Crippen molar-refractivity contribution in [2.75, 3.05) is 65.7 Å². The van der Waals surface area contributed by atoms with Gasteiger partial charge in [-0.1, -0.05) is 48.3 Å². The number of nitrogens with zero attached hydrogens (tertiary/aromatic N) is 6. The molecule has 2 amide bonds. The highest BCUT2D eigenvalue weighted by Crippen LogP contribution is 2.25. The number of amidine groups is 4. The highest BCUT2D eigenvalue weighted by molar-refractivity contribution is 5.99. The third-order valence-electron chi connectivity index (χ3n) is 15.7. The summed E-state index contributed by atoms with van der Waals surface area (Å²) in [6, 6.07) is 26.7. The van der Waals surface area contributed by atoms with Gasteiger partial charge in [0.2, 0.25) is 0 Å². The van der Waals surface area contributed by atoms with Gasteiger partial charge < -0.3 is 91.9 Å². The third-order valence-corrected chi connectivity index (χ3v) is 15.7. The van der Waals surface area contributed by atoms with Crippen LogP contribution in [-0.4, -0.2) is 157 Å². The van der Waals surface area contributed by atoms with Crippen LogP contribution >= 0.6 is 0 Å². The van der Waals surface area contributed by atoms with E-state index in [2.05, 4.69) is 41.1 Å². The lowest BCUT2D eigenvalue weighted by atomic mass is 9.92. The van der Waals surface area contributed by atoms with Gasteiger partial charge in [-0.2, -0.15) is 0 Å². The lowest BCUT2D eigenvalue weighted by Crippen LogP contribution is -2.46. The number of rotatable bonds is 32. The molecule has 2 aliphatic heterocycles. The lowest BCUT2D eigenvalue weighted by molar-refractivity contribution is -0.148. The minimum Gasteiger partial charge on any atom is -0.494 e. The van der Waals surface area contributed by atoms with Gasteiger partial charge in [0.1, 0.15) is 46.3 Å². The Morgan fingerprint density at radius 2 is 0.729 bits per heavy atom. The van der Waals surface area contributed by atoms with Gasteiger partial charge in [-0.15, -0.1) is 0 Å². The maximum Gasteiger partial charge on any atom is 0.408 e. The second kappa shape index (κ2) is 39.7. The summed E-state index contributed by atoms with van der Waals surface area (Å²) in [5, 5.41) is 36.0. The first-order valence-electron chi connectivity index (χ1n) is 33.1. The number of amides is 2. The number of nitrogens with one attached hydrogen (secondary N) is 2. The predicted molar refractivity (Wildman–Crippen MR) is 368 cm³/mol. The van der Waals surface area contributed by atoms with E-state index in [4.69, 9.17) is 71.4 Å². The third kappa shape index (κ3) is 29.3. The summed E-state index contributed by atoms with van der Waals surface area (Å²) in [6.45, 7) is 26.4. The van der Waals surface area contributed by atoms with Crippen molar-refractivity contribution in [2.24, 2.45) is 67.2 Å². The molecule has 12 N–H and O–H groups in total. The summed E-state index contributed by atoms with van der Waals surface area (Å²) in [7, 11) is 0. The molecule has 0 aromatic heterocycles. The fraction of sp³-hybridized carbons (Fsp3) is 0.543. The topological polar surface area (TPSA) is 367 Å². The molecule has 26 nitrogen and oxygen atoms in total. The molecule has 2 atom stereocenters. The van der Waals surface area contributed by atoms with Crippen LogP contribution in [0.5, 0.6) is 23.0 Å². The molecule has 0 saturated carbocycles. The van der Waals surface area contributed by atoms with Crippen LogP contribution in [0.25, 0.3) is 0 Å². The van der Waals surface area contributed by atoms with Crippen molar-refractivity contribution in [3.8, 4) is 23.0 Å². The van der Waals surface area contributed by atoms with Gasteiger partial charge in [0.25, 0.3) is 0 Å². The Bertz CT molecular complexity index is 2910. The number of hydrogen-bond donors (Lipinski definition) is 8. The number of piperidine rings is 2. The van der Waals surface area contributed by atoms with Crippen LogP contribution in [-0.2, 0) is 28.7 Å². The molecule has 96 heavy (non-hydrogen) atoms. The first-order chi connectivity index (χ1) is 45.7. The highest BCUT2D eigenvalue weighted by Gasteiger charge is 2.31. The zero-order valence-electron chi connectivity index (χ0n) is 57.6. The molecule has 4 aromatic rings. The van der Waals surface area contributed by atoms with Crippen LogP contribution in [0.2, 0.25) is 0 Å². The standard InChI is InChI=1S/C45H69N7O10.C25H35N5O4/c1-29(2)36(48-42(55)59-44(5,6)7)40(53)61-50-38(46)32-14-18-34(19-15-32)57-27-11-13-31-22-25-52(26-23-31)24-12-28-58-35-20-16-33(17-21-35)39(47)51-62-41(54)37(30(3)4)49-43(56)60-45(8,9)10;26-24(28-31)20-4-8-22(9-5-20)33-17-1-3-19-12-15-30(16-13-19)14-2-18-34-23-10-6-21(7-11-23)25(27)29-32/h14-21,29-31,36-37H,11-13,22-28H2,1-10H3,(H2,46,50)(H2,47,51)(H,48,55)(H,49,56);4-11,19,31-32H,1-3,12-18H2,(H2,26,28)(H2,27,29)/t36?,37-;/m0./s1. The number of oxime groups is 4. The Labute approximate surface area is 565 Å². The molecule has 0 aliphatic carbocycles. The SMILES string of the molecule is CC(C)C(NC(=O)OC(C)(C)C)C(=O)O/N=C(\N)c1ccc(OCCCC2CCN(CCCOc3ccc(/C(N)=N/OC(=O)[C@@H](NC(=O)OC(C)(C)C)C(C)C)cc3)CC2)cc1.N/C(=N\O)c1ccc(OCCCC2CCN(CCCOc3ccc(/C(N)=N\O)cc3)CC2)cc1. The van der Waals surface area contributed by atoms with Crippen LogP contribution < -0.4 is 52.5 Å². The first kappa shape index (κ1) is 77.7. The molecule has 2 aliphatic rings. The number of hydrogen-bond acceptors (Lipinski definition) is 20. The number of likely N-dealkylation sites (tertiary alicyclic amines) is 2. The maximum absolute atomic E-state index is 12.7. The number of carbonyl (C=O) groups is 4. The second-order valence-corrected chi connectivity index (χ2v) is 26.5. The van der Waals surface area contributed by atoms with E-state index < -0.39 is 47.4 Å². The van der Waals surface area contributed by atoms with E-state index in [0.29, 0.717) is 66.1 Å². The first-order valence-corrected chi connectivity index (χ1v) is 33.1. The van der Waals surface area contributed by atoms with Crippen LogP contribution in [0.4, 0.5) is 9.59 Å². The van der Waals surface area contributed by atoms with E-state index in [1.54, 1.807) is 142 Å². The Morgan fingerprint density at radius 1 is 0.458 bits per heavy atom. The molecular formula is C70H104N12O14. The summed E-state index contributed by atoms with van der Waals surface area (Å²) in [6.07, 6.45) is 9.42. The summed E-state index contributed by atoms with van der Waals surface area (Å²) in [4.78, 5) is 64.8. The summed E-state index contributed by atoms with van der Waals surface area (Å²) in [5.41, 5.74) is 24.3. The van der Waals surface area contributed by atoms with Gasteiger partial charge in [0.05, 0.1) is 26.4 Å². The van der Waals surface area contributed by atoms with Gasteiger partial charge in [-0.25, -0.2) is 19.2 Å². The van der Waals surface area contributed by atoms with E-state index in [-0.39, 0.29) is 35.2 Å². The smallest absolute Gasteiger partial charge is 0.408 e. The largest absolute Gasteiger partial charge is 0.494 e. The van der Waals surface area contributed by atoms with Crippen molar-refractivity contribution in [3.05, 3.63) is 119 Å². The molecule has 1 unspecified atom stereocenters. The number of nitrogens with two attached hydrogens (primary N) is 4. The number of ether oxygens (including phenoxy) is 6. The molecule has 26 heteroatoms. The Balaban J connectivity index is 0.000000410. The average Bonchev–Trinajstić information content (AvgIpc) is 2.46. The number of alkyl carbamates (subject to hydrolysis) is 2. The van der Waals surface area contributed by atoms with E-state index in [9.17, 15) is 19.2 Å². The van der Waals surface area contributed by atoms with Crippen molar-refractivity contribution in [2.45, 2.75) is 157 Å². The summed E-state index contributed by atoms with van der Waals surface area (Å²) >= 11 is 0. The molecule has 528 valence electrons. The summed E-state index contributed by atoms with van der Waals surface area (Å²) < 4.78 is 34.0. The predicted octanol–water partition coefficient (Wildman–Crippen LogP) is 9.67. The van der Waals surface area contributed by atoms with Crippen LogP contribution in [0.1, 0.15) is 156 Å². The Morgan fingerprint density at radius 3 is 0.990 bits per heavy atom. The molecule has 0 spiro atoms.